The molecule has 1 aliphatic rings. The molecule has 274 valence electrons. The molecule has 50 heavy (non-hydrogen) atoms. The van der Waals surface area contributed by atoms with Gasteiger partial charge in [-0.2, -0.15) is 0 Å². The maximum atomic E-state index is 12.2. The summed E-state index contributed by atoms with van der Waals surface area (Å²) in [6.07, 6.45) is 13.8. The number of carbonyl (C=O) groups is 1. The molecule has 0 fully saturated rings. The Balaban J connectivity index is -0.0000000563. The predicted molar refractivity (Wildman–Crippen MR) is 187 cm³/mol. The van der Waals surface area contributed by atoms with Gasteiger partial charge >= 0.3 is 119 Å². The number of allylic oxidation sites excluding steroid dienone is 2. The summed E-state index contributed by atoms with van der Waals surface area (Å²) in [5.41, 5.74) is 0. The minimum absolute atomic E-state index is 0. The van der Waals surface area contributed by atoms with E-state index in [-0.39, 0.29) is 48.1 Å². The molecule has 2 unspecified atom stereocenters. The van der Waals surface area contributed by atoms with Crippen molar-refractivity contribution in [3.63, 3.8) is 0 Å². The van der Waals surface area contributed by atoms with Crippen LogP contribution in [0, 0.1) is 66.5 Å². The molecule has 2 atom stereocenters. The third kappa shape index (κ3) is 54.5. The van der Waals surface area contributed by atoms with Crippen LogP contribution in [0.2, 0.25) is 39.3 Å². The zero-order chi connectivity index (χ0) is 41.4. The minimum atomic E-state index is -1.35. The molecular weight excluding hydrogens is 1180 g/mol. The van der Waals surface area contributed by atoms with E-state index < -0.39 is 31.4 Å². The van der Waals surface area contributed by atoms with Gasteiger partial charge < -0.3 is 4.74 Å². The fourth-order valence-corrected chi connectivity index (χ4v) is 31.6. The first-order valence-corrected chi connectivity index (χ1v) is 25.9. The fraction of sp³-hybridized carbons (Fsp3) is 0.516. The van der Waals surface area contributed by atoms with Gasteiger partial charge in [-0.1, -0.05) is 68.3 Å². The van der Waals surface area contributed by atoms with Crippen LogP contribution >= 0.6 is 37.8 Å². The van der Waals surface area contributed by atoms with Crippen molar-refractivity contribution in [3.8, 4) is 0 Å². The predicted octanol–water partition coefficient (Wildman–Crippen LogP) is 7.43. The summed E-state index contributed by atoms with van der Waals surface area (Å²) in [5.74, 6) is 0.0161. The molecule has 0 amide bonds. The van der Waals surface area contributed by atoms with Crippen molar-refractivity contribution in [2.75, 3.05) is 23.4 Å². The van der Waals surface area contributed by atoms with E-state index in [2.05, 4.69) is 141 Å². The summed E-state index contributed by atoms with van der Waals surface area (Å²) in [7, 11) is -3.82. The average Bonchev–Trinajstić information content (AvgIpc) is 3.15. The maximum Gasteiger partial charge on any atom is 0 e. The van der Waals surface area contributed by atoms with E-state index in [1.807, 2.05) is 16.8 Å². The smallest absolute Gasteiger partial charge is 0 e. The van der Waals surface area contributed by atoms with Gasteiger partial charge in [0.2, 0.25) is 0 Å². The second kappa shape index (κ2) is 74.0. The Labute approximate surface area is 345 Å². The second-order valence-electron chi connectivity index (χ2n) is 9.78. The number of unbranched alkanes of at least 4 members (excludes halogenated alkanes) is 3. The van der Waals surface area contributed by atoms with Gasteiger partial charge in [-0.15, -0.1) is 0 Å². The number of ether oxygens (including phenoxy) is 1. The summed E-state index contributed by atoms with van der Waals surface area (Å²) < 4.78 is 81.6. The summed E-state index contributed by atoms with van der Waals surface area (Å²) in [5, 5.41) is 0. The first-order valence-electron chi connectivity index (χ1n) is 12.9. The van der Waals surface area contributed by atoms with Crippen LogP contribution in [-0.4, -0.2) is 45.5 Å². The van der Waals surface area contributed by atoms with E-state index >= 15 is 0 Å². The monoisotopic (exact) mass is 1220 g/mol. The summed E-state index contributed by atoms with van der Waals surface area (Å²) in [6, 6.07) is 0. The van der Waals surface area contributed by atoms with E-state index in [1.165, 1.54) is 36.3 Å². The number of rotatable bonds is 12. The molecule has 1 heterocycles. The molecule has 0 radical (unpaired) electrons. The van der Waals surface area contributed by atoms with Crippen LogP contribution in [0.25, 0.3) is 0 Å². The Morgan fingerprint density at radius 2 is 0.860 bits per heavy atom. The molecule has 19 heteroatoms. The number of halogens is 1. The molecule has 0 saturated carbocycles. The molecule has 0 N–H and O–H groups in total. The third-order valence-corrected chi connectivity index (χ3v) is 26.6. The molecule has 0 saturated heterocycles. The zero-order valence-corrected chi connectivity index (χ0v) is 41.1. The summed E-state index contributed by atoms with van der Waals surface area (Å²) in [4.78, 5) is 15.8. The number of carbonyl (C=O) groups excluding carboxylic acids is 1. The van der Waals surface area contributed by atoms with Crippen molar-refractivity contribution in [1.82, 2.24) is 0 Å². The van der Waals surface area contributed by atoms with Gasteiger partial charge in [-0.05, 0) is 42.8 Å². The van der Waals surface area contributed by atoms with Gasteiger partial charge in [0.15, 0.2) is 0 Å². The SMILES string of the molecule is CCOC(=O)CC[PH+]1C([Si](C)(C)C)=CC=C([Si](C)(C)C)[PH+]1CCCCCCI.[C-]#[O+].[C-]#[O+].[C-]#[O+].[C-]#[O+].[C-]#[O+].[C-]#[O+].[C-]#[O+].[C-]#[O+].[C-]#[O+].[C-]#[O+].[W].[W]. The van der Waals surface area contributed by atoms with E-state index in [9.17, 15) is 4.79 Å². The van der Waals surface area contributed by atoms with Crippen molar-refractivity contribution in [2.45, 2.75) is 78.3 Å². The van der Waals surface area contributed by atoms with Crippen LogP contribution in [0.3, 0.4) is 0 Å². The van der Waals surface area contributed by atoms with Crippen molar-refractivity contribution in [1.29, 1.82) is 0 Å². The maximum absolute atomic E-state index is 12.2. The van der Waals surface area contributed by atoms with Crippen LogP contribution in [-0.2, 0) is 98.2 Å². The Bertz CT molecular complexity index is 909. The normalized spacial score (nSPS) is 11.9. The van der Waals surface area contributed by atoms with Crippen LogP contribution in [0.15, 0.2) is 22.0 Å². The molecule has 0 aromatic heterocycles. The van der Waals surface area contributed by atoms with Crippen molar-refractivity contribution >= 4 is 59.9 Å². The second-order valence-corrected chi connectivity index (χ2v) is 29.5. The van der Waals surface area contributed by atoms with Gasteiger partial charge in [0.05, 0.1) is 29.1 Å². The summed E-state index contributed by atoms with van der Waals surface area (Å²) in [6.45, 7) is 62.5. The van der Waals surface area contributed by atoms with Crippen LogP contribution in [0.4, 0.5) is 0 Å². The zero-order valence-electron chi connectivity index (χ0n) is 29.1. The van der Waals surface area contributed by atoms with Gasteiger partial charge in [0.25, 0.3) is 0 Å². The number of alkyl halides is 1. The van der Waals surface area contributed by atoms with Gasteiger partial charge in [0, 0.05) is 42.1 Å². The standard InChI is InChI=1S/C21H43IO2P2Si2.10CO.2W/c1-8-24-19(23)15-18-26-21(28(5,6)7)14-13-20(27(2,3)4)25(26)17-12-10-9-11-16-22;10*1-2;;/h13-14,25-26H,8-12,15-18H2,1-7H3;;;;;;;;;;;;/q+2;;;;;;;;;;;;. The molecular formula is C31H43IO12P2Si2W2+2. The number of hydrogen-bond acceptors (Lipinski definition) is 2. The molecule has 0 spiro atoms. The topological polar surface area (TPSA) is 225 Å². The number of hydrogen-bond donors (Lipinski definition) is 0. The van der Waals surface area contributed by atoms with E-state index in [1.54, 1.807) is 0 Å². The van der Waals surface area contributed by atoms with Crippen LogP contribution in [0.5, 0.6) is 0 Å². The Morgan fingerprint density at radius 1 is 0.580 bits per heavy atom. The third-order valence-electron chi connectivity index (χ3n) is 5.24. The molecule has 12 nitrogen and oxygen atoms in total. The van der Waals surface area contributed by atoms with E-state index in [0.29, 0.717) is 13.0 Å². The number of esters is 1. The molecule has 1 rings (SSSR count). The molecule has 0 aliphatic carbocycles. The minimum Gasteiger partial charge on any atom is 0 e. The van der Waals surface area contributed by atoms with E-state index in [4.69, 9.17) is 51.3 Å². The van der Waals surface area contributed by atoms with Crippen molar-refractivity contribution in [3.05, 3.63) is 88.5 Å². The van der Waals surface area contributed by atoms with Gasteiger partial charge in [0.1, 0.15) is 37.5 Å². The quantitative estimate of drug-likeness (QED) is 0.0284. The van der Waals surface area contributed by atoms with Gasteiger partial charge in [-0.3, -0.25) is 4.79 Å². The largest absolute Gasteiger partial charge is 0 e. The van der Waals surface area contributed by atoms with Crippen molar-refractivity contribution in [2.24, 2.45) is 0 Å². The molecule has 1 aliphatic heterocycles. The first kappa shape index (κ1) is 83.0. The van der Waals surface area contributed by atoms with E-state index in [0.717, 1.165) is 6.16 Å². The summed E-state index contributed by atoms with van der Waals surface area (Å²) >= 11 is 2.50. The molecule has 0 aromatic carbocycles. The average molecular weight is 1220 g/mol. The Hall–Kier alpha value is -0.250. The Kier molecular flexibility index (Phi) is 123. The Morgan fingerprint density at radius 3 is 1.12 bits per heavy atom. The van der Waals surface area contributed by atoms with Crippen molar-refractivity contribution < 1.29 is 98.2 Å². The van der Waals surface area contributed by atoms with Crippen LogP contribution in [0.1, 0.15) is 39.0 Å². The van der Waals surface area contributed by atoms with Gasteiger partial charge in [-0.25, -0.2) is 0 Å². The van der Waals surface area contributed by atoms with Crippen LogP contribution < -0.4 is 0 Å². The first-order chi connectivity index (χ1) is 23.0. The fourth-order valence-electron chi connectivity index (χ4n) is 3.88. The molecule has 0 aromatic rings. The molecule has 0 bridgehead atoms.